The van der Waals surface area contributed by atoms with Gasteiger partial charge < -0.3 is 9.84 Å². The zero-order chi connectivity index (χ0) is 12.7. The normalized spacial score (nSPS) is 11.3. The number of allylic oxidation sites excluding steroid dienone is 1. The third-order valence-corrected chi connectivity index (χ3v) is 2.43. The Balaban J connectivity index is 2.65. The Morgan fingerprint density at radius 2 is 2.00 bits per heavy atom. The van der Waals surface area contributed by atoms with Crippen LogP contribution in [-0.2, 0) is 0 Å². The number of ether oxygens (including phenoxy) is 1. The van der Waals surface area contributed by atoms with Gasteiger partial charge >= 0.3 is 0 Å². The summed E-state index contributed by atoms with van der Waals surface area (Å²) in [5, 5.41) is 8.76. The number of Topliss-reactive ketones (excluding diaryl/α,β-unsaturated/α-hetero) is 1. The predicted octanol–water partition coefficient (Wildman–Crippen LogP) is 3.51. The third kappa shape index (κ3) is 3.94. The molecule has 0 heterocycles. The maximum absolute atomic E-state index is 11.7. The summed E-state index contributed by atoms with van der Waals surface area (Å²) in [7, 11) is 0. The van der Waals surface area contributed by atoms with Crippen molar-refractivity contribution < 1.29 is 14.6 Å². The number of ketones is 1. The van der Waals surface area contributed by atoms with Crippen LogP contribution in [-0.4, -0.2) is 17.5 Å². The smallest absolute Gasteiger partial charge is 0.191 e. The van der Waals surface area contributed by atoms with E-state index >= 15 is 0 Å². The molecule has 92 valence electrons. The average molecular weight is 234 g/mol. The van der Waals surface area contributed by atoms with E-state index in [-0.39, 0.29) is 5.78 Å². The Morgan fingerprint density at radius 1 is 1.35 bits per heavy atom. The molecular formula is C14H18O3. The fourth-order valence-electron chi connectivity index (χ4n) is 1.32. The molecule has 0 aromatic heterocycles. The van der Waals surface area contributed by atoms with Gasteiger partial charge in [-0.1, -0.05) is 13.3 Å². The van der Waals surface area contributed by atoms with Crippen molar-refractivity contribution in [1.29, 1.82) is 0 Å². The van der Waals surface area contributed by atoms with Crippen molar-refractivity contribution in [2.24, 2.45) is 0 Å². The van der Waals surface area contributed by atoms with Gasteiger partial charge in [-0.25, -0.2) is 0 Å². The third-order valence-electron chi connectivity index (χ3n) is 2.43. The van der Waals surface area contributed by atoms with Crippen molar-refractivity contribution in [2.75, 3.05) is 6.61 Å². The molecule has 1 aromatic rings. The van der Waals surface area contributed by atoms with Gasteiger partial charge in [-0.15, -0.1) is 0 Å². The molecule has 3 heteroatoms. The summed E-state index contributed by atoms with van der Waals surface area (Å²) in [4.78, 5) is 11.7. The lowest BCUT2D eigenvalue weighted by Gasteiger charge is -2.06. The molecule has 0 amide bonds. The van der Waals surface area contributed by atoms with E-state index < -0.39 is 0 Å². The van der Waals surface area contributed by atoms with Crippen LogP contribution in [0.1, 0.15) is 37.0 Å². The van der Waals surface area contributed by atoms with Crippen molar-refractivity contribution in [3.05, 3.63) is 41.7 Å². The maximum Gasteiger partial charge on any atom is 0.191 e. The largest absolute Gasteiger partial charge is 0.515 e. The number of aliphatic hydroxyl groups is 1. The van der Waals surface area contributed by atoms with Crippen LogP contribution in [0.2, 0.25) is 0 Å². The highest BCUT2D eigenvalue weighted by atomic mass is 16.5. The number of unbranched alkanes of at least 4 members (excludes halogenated alkanes) is 1. The van der Waals surface area contributed by atoms with E-state index in [0.29, 0.717) is 17.7 Å². The maximum atomic E-state index is 11.7. The molecule has 0 saturated carbocycles. The summed E-state index contributed by atoms with van der Waals surface area (Å²) in [6.07, 6.45) is 2.94. The summed E-state index contributed by atoms with van der Waals surface area (Å²) < 4.78 is 5.49. The molecular weight excluding hydrogens is 216 g/mol. The molecule has 3 nitrogen and oxygen atoms in total. The summed E-state index contributed by atoms with van der Waals surface area (Å²) in [5.41, 5.74) is 0.875. The van der Waals surface area contributed by atoms with Crippen LogP contribution in [0.25, 0.3) is 0 Å². The van der Waals surface area contributed by atoms with Gasteiger partial charge in [0.2, 0.25) is 0 Å². The average Bonchev–Trinajstić information content (AvgIpc) is 2.38. The molecule has 0 unspecified atom stereocenters. The van der Waals surface area contributed by atoms with E-state index in [4.69, 9.17) is 9.84 Å². The Morgan fingerprint density at radius 3 is 2.53 bits per heavy atom. The first kappa shape index (κ1) is 13.3. The first-order valence-electron chi connectivity index (χ1n) is 5.77. The molecule has 0 aliphatic carbocycles. The molecule has 1 N–H and O–H groups in total. The number of hydrogen-bond acceptors (Lipinski definition) is 3. The van der Waals surface area contributed by atoms with E-state index in [1.165, 1.54) is 0 Å². The Labute approximate surface area is 102 Å². The van der Waals surface area contributed by atoms with Gasteiger partial charge in [0.1, 0.15) is 5.75 Å². The Kier molecular flexibility index (Phi) is 5.27. The lowest BCUT2D eigenvalue weighted by atomic mass is 10.1. The van der Waals surface area contributed by atoms with E-state index in [9.17, 15) is 4.79 Å². The molecule has 0 fully saturated rings. The molecule has 17 heavy (non-hydrogen) atoms. The van der Waals surface area contributed by atoms with E-state index in [1.54, 1.807) is 31.2 Å². The minimum absolute atomic E-state index is 0.174. The molecule has 0 aliphatic heterocycles. The van der Waals surface area contributed by atoms with Crippen LogP contribution in [0.5, 0.6) is 5.75 Å². The van der Waals surface area contributed by atoms with E-state index in [0.717, 1.165) is 24.9 Å². The number of aliphatic hydroxyl groups excluding tert-OH is 1. The fourth-order valence-corrected chi connectivity index (χ4v) is 1.32. The predicted molar refractivity (Wildman–Crippen MR) is 67.6 cm³/mol. The molecule has 1 aromatic carbocycles. The molecule has 0 radical (unpaired) electrons. The van der Waals surface area contributed by atoms with Crippen LogP contribution in [0, 0.1) is 0 Å². The van der Waals surface area contributed by atoms with Crippen LogP contribution in [0.3, 0.4) is 0 Å². The highest BCUT2D eigenvalue weighted by Gasteiger charge is 2.07. The van der Waals surface area contributed by atoms with Crippen molar-refractivity contribution in [3.8, 4) is 5.75 Å². The topological polar surface area (TPSA) is 46.5 Å². The van der Waals surface area contributed by atoms with Gasteiger partial charge in [0.25, 0.3) is 0 Å². The number of benzene rings is 1. The lowest BCUT2D eigenvalue weighted by Crippen LogP contribution is -2.01. The molecule has 0 aliphatic rings. The second-order valence-electron chi connectivity index (χ2n) is 3.87. The number of hydrogen-bond donors (Lipinski definition) is 1. The van der Waals surface area contributed by atoms with Crippen molar-refractivity contribution >= 4 is 5.78 Å². The van der Waals surface area contributed by atoms with Crippen LogP contribution in [0.4, 0.5) is 0 Å². The SMILES string of the molecule is CCCCOc1ccc(C(=O)/C(C)=C/O)cc1. The van der Waals surface area contributed by atoms with Crippen molar-refractivity contribution in [1.82, 2.24) is 0 Å². The van der Waals surface area contributed by atoms with Gasteiger partial charge in [-0.3, -0.25) is 4.79 Å². The molecule has 0 atom stereocenters. The second-order valence-corrected chi connectivity index (χ2v) is 3.87. The standard InChI is InChI=1S/C14H18O3/c1-3-4-9-17-13-7-5-12(6-8-13)14(16)11(2)10-15/h5-8,10,15H,3-4,9H2,1-2H3/b11-10+. The number of carbonyl (C=O) groups excluding carboxylic acids is 1. The van der Waals surface area contributed by atoms with Crippen LogP contribution < -0.4 is 4.74 Å². The summed E-state index contributed by atoms with van der Waals surface area (Å²) in [6.45, 7) is 4.38. The highest BCUT2D eigenvalue weighted by molar-refractivity contribution is 6.08. The lowest BCUT2D eigenvalue weighted by molar-refractivity contribution is 0.103. The zero-order valence-corrected chi connectivity index (χ0v) is 10.3. The Hall–Kier alpha value is -1.77. The summed E-state index contributed by atoms with van der Waals surface area (Å²) in [6, 6.07) is 6.95. The first-order valence-corrected chi connectivity index (χ1v) is 5.77. The van der Waals surface area contributed by atoms with E-state index in [1.807, 2.05) is 0 Å². The molecule has 1 rings (SSSR count). The van der Waals surface area contributed by atoms with Crippen molar-refractivity contribution in [2.45, 2.75) is 26.7 Å². The van der Waals surface area contributed by atoms with Gasteiger partial charge in [-0.05, 0) is 37.6 Å². The quantitative estimate of drug-likeness (QED) is 0.354. The summed E-state index contributed by atoms with van der Waals surface area (Å²) in [5.74, 6) is 0.591. The number of rotatable bonds is 6. The monoisotopic (exact) mass is 234 g/mol. The van der Waals surface area contributed by atoms with Gasteiger partial charge in [-0.2, -0.15) is 0 Å². The summed E-state index contributed by atoms with van der Waals surface area (Å²) >= 11 is 0. The van der Waals surface area contributed by atoms with E-state index in [2.05, 4.69) is 6.92 Å². The second kappa shape index (κ2) is 6.74. The Bertz CT molecular complexity index is 390. The van der Waals surface area contributed by atoms with Crippen LogP contribution >= 0.6 is 0 Å². The van der Waals surface area contributed by atoms with Crippen molar-refractivity contribution in [3.63, 3.8) is 0 Å². The minimum Gasteiger partial charge on any atom is -0.515 e. The molecule has 0 bridgehead atoms. The fraction of sp³-hybridized carbons (Fsp3) is 0.357. The zero-order valence-electron chi connectivity index (χ0n) is 10.3. The molecule has 0 saturated heterocycles. The van der Waals surface area contributed by atoms with Crippen LogP contribution in [0.15, 0.2) is 36.1 Å². The van der Waals surface area contributed by atoms with Gasteiger partial charge in [0, 0.05) is 11.1 Å². The first-order chi connectivity index (χ1) is 8.19. The highest BCUT2D eigenvalue weighted by Crippen LogP contribution is 2.15. The number of carbonyl (C=O) groups is 1. The van der Waals surface area contributed by atoms with Gasteiger partial charge in [0.15, 0.2) is 5.78 Å². The minimum atomic E-state index is -0.174. The van der Waals surface area contributed by atoms with Gasteiger partial charge in [0.05, 0.1) is 12.9 Å². The molecule has 0 spiro atoms.